The lowest BCUT2D eigenvalue weighted by molar-refractivity contribution is -0.132. The Morgan fingerprint density at radius 3 is 2.59 bits per heavy atom. The van der Waals surface area contributed by atoms with Crippen LogP contribution < -0.4 is 5.32 Å². The normalized spacial score (nSPS) is 14.9. The highest BCUT2D eigenvalue weighted by molar-refractivity contribution is 5.95. The van der Waals surface area contributed by atoms with Gasteiger partial charge in [-0.2, -0.15) is 0 Å². The summed E-state index contributed by atoms with van der Waals surface area (Å²) in [5.41, 5.74) is 3.27. The van der Waals surface area contributed by atoms with Crippen molar-refractivity contribution >= 4 is 22.9 Å². The molecule has 0 saturated carbocycles. The van der Waals surface area contributed by atoms with Gasteiger partial charge in [-0.3, -0.25) is 9.59 Å². The summed E-state index contributed by atoms with van der Waals surface area (Å²) in [7, 11) is 0. The molecule has 29 heavy (non-hydrogen) atoms. The van der Waals surface area contributed by atoms with Gasteiger partial charge >= 0.3 is 0 Å². The molecule has 2 amide bonds. The van der Waals surface area contributed by atoms with Crippen LogP contribution in [0.5, 0.6) is 0 Å². The molecule has 1 saturated heterocycles. The molecule has 2 heterocycles. The van der Waals surface area contributed by atoms with Gasteiger partial charge in [0.25, 0.3) is 5.91 Å². The zero-order chi connectivity index (χ0) is 20.2. The van der Waals surface area contributed by atoms with Crippen molar-refractivity contribution in [2.75, 3.05) is 19.6 Å². The molecule has 0 unspecified atom stereocenters. The third kappa shape index (κ3) is 4.31. The molecule has 6 nitrogen and oxygen atoms in total. The molecule has 1 aromatic heterocycles. The molecule has 0 bridgehead atoms. The van der Waals surface area contributed by atoms with Gasteiger partial charge in [0, 0.05) is 37.5 Å². The summed E-state index contributed by atoms with van der Waals surface area (Å²) in [6, 6.07) is 15.2. The highest BCUT2D eigenvalue weighted by Crippen LogP contribution is 2.30. The largest absolute Gasteiger partial charge is 0.440 e. The Balaban J connectivity index is 1.25. The van der Waals surface area contributed by atoms with Gasteiger partial charge < -0.3 is 14.6 Å². The summed E-state index contributed by atoms with van der Waals surface area (Å²) < 4.78 is 5.88. The van der Waals surface area contributed by atoms with Crippen LogP contribution in [0.15, 0.2) is 52.9 Å². The Morgan fingerprint density at radius 2 is 1.83 bits per heavy atom. The van der Waals surface area contributed by atoms with E-state index in [4.69, 9.17) is 4.42 Å². The lowest BCUT2D eigenvalue weighted by atomic mass is 9.96. The first-order valence-electron chi connectivity index (χ1n) is 10.1. The highest BCUT2D eigenvalue weighted by Gasteiger charge is 2.26. The maximum Gasteiger partial charge on any atom is 0.251 e. The van der Waals surface area contributed by atoms with Crippen molar-refractivity contribution in [3.05, 3.63) is 65.5 Å². The fraction of sp³-hybridized carbons (Fsp3) is 0.348. The second-order valence-electron chi connectivity index (χ2n) is 7.50. The van der Waals surface area contributed by atoms with Crippen LogP contribution in [-0.2, 0) is 4.79 Å². The number of amides is 2. The molecule has 1 aliphatic heterocycles. The Kier molecular flexibility index (Phi) is 5.60. The fourth-order valence-electron chi connectivity index (χ4n) is 3.80. The molecule has 1 N–H and O–H groups in total. The van der Waals surface area contributed by atoms with E-state index in [9.17, 15) is 9.59 Å². The number of nitrogens with zero attached hydrogens (tertiary/aromatic N) is 2. The van der Waals surface area contributed by atoms with Crippen LogP contribution >= 0.6 is 0 Å². The molecular formula is C23H25N3O3. The van der Waals surface area contributed by atoms with E-state index in [1.807, 2.05) is 54.3 Å². The number of rotatable bonds is 5. The predicted molar refractivity (Wildman–Crippen MR) is 111 cm³/mol. The number of benzene rings is 2. The SMILES string of the molecule is Cc1ccccc1C(=O)NCCC(=O)N1CCC(c2nc3ccccc3o2)CC1. The van der Waals surface area contributed by atoms with Gasteiger partial charge in [0.15, 0.2) is 11.5 Å². The minimum absolute atomic E-state index is 0.0751. The van der Waals surface area contributed by atoms with E-state index in [0.717, 1.165) is 35.4 Å². The third-order valence-corrected chi connectivity index (χ3v) is 5.52. The first-order chi connectivity index (χ1) is 14.1. The van der Waals surface area contributed by atoms with Gasteiger partial charge in [-0.15, -0.1) is 0 Å². The van der Waals surface area contributed by atoms with Crippen molar-refractivity contribution in [1.29, 1.82) is 0 Å². The molecule has 1 fully saturated rings. The van der Waals surface area contributed by atoms with Crippen LogP contribution in [0.25, 0.3) is 11.1 Å². The summed E-state index contributed by atoms with van der Waals surface area (Å²) in [6.45, 7) is 3.63. The van der Waals surface area contributed by atoms with Crippen LogP contribution in [-0.4, -0.2) is 41.3 Å². The quantitative estimate of drug-likeness (QED) is 0.720. The fourth-order valence-corrected chi connectivity index (χ4v) is 3.80. The molecule has 0 spiro atoms. The molecular weight excluding hydrogens is 366 g/mol. The van der Waals surface area contributed by atoms with Crippen molar-refractivity contribution in [1.82, 2.24) is 15.2 Å². The summed E-state index contributed by atoms with van der Waals surface area (Å²) in [5, 5.41) is 2.85. The minimum Gasteiger partial charge on any atom is -0.440 e. The number of oxazole rings is 1. The average Bonchev–Trinajstić information content (AvgIpc) is 3.18. The second kappa shape index (κ2) is 8.47. The summed E-state index contributed by atoms with van der Waals surface area (Å²) in [6.07, 6.45) is 1.99. The number of hydrogen-bond donors (Lipinski definition) is 1. The molecule has 1 aliphatic rings. The number of para-hydroxylation sites is 2. The van der Waals surface area contributed by atoms with E-state index in [0.29, 0.717) is 31.6 Å². The van der Waals surface area contributed by atoms with Crippen LogP contribution in [0.1, 0.15) is 47.0 Å². The van der Waals surface area contributed by atoms with Crippen molar-refractivity contribution in [2.24, 2.45) is 0 Å². The Labute approximate surface area is 169 Å². The molecule has 0 radical (unpaired) electrons. The number of hydrogen-bond acceptors (Lipinski definition) is 4. The standard InChI is InChI=1S/C23H25N3O3/c1-16-6-2-3-7-18(16)22(28)24-13-10-21(27)26-14-11-17(12-15-26)23-25-19-8-4-5-9-20(19)29-23/h2-9,17H,10-15H2,1H3,(H,24,28). The molecule has 6 heteroatoms. The van der Waals surface area contributed by atoms with E-state index in [1.165, 1.54) is 0 Å². The van der Waals surface area contributed by atoms with Gasteiger partial charge in [0.2, 0.25) is 5.91 Å². The Morgan fingerprint density at radius 1 is 1.10 bits per heavy atom. The summed E-state index contributed by atoms with van der Waals surface area (Å²) in [4.78, 5) is 31.2. The molecule has 3 aromatic rings. The van der Waals surface area contributed by atoms with E-state index >= 15 is 0 Å². The van der Waals surface area contributed by atoms with Gasteiger partial charge in [-0.05, 0) is 43.5 Å². The number of carbonyl (C=O) groups excluding carboxylic acids is 2. The van der Waals surface area contributed by atoms with Crippen LogP contribution in [0.4, 0.5) is 0 Å². The van der Waals surface area contributed by atoms with Crippen LogP contribution in [0, 0.1) is 6.92 Å². The number of fused-ring (bicyclic) bond motifs is 1. The summed E-state index contributed by atoms with van der Waals surface area (Å²) in [5.74, 6) is 0.952. The second-order valence-corrected chi connectivity index (χ2v) is 7.50. The number of aryl methyl sites for hydroxylation is 1. The Hall–Kier alpha value is -3.15. The van der Waals surface area contributed by atoms with E-state index in [-0.39, 0.29) is 17.7 Å². The zero-order valence-electron chi connectivity index (χ0n) is 16.6. The smallest absolute Gasteiger partial charge is 0.251 e. The number of aromatic nitrogens is 1. The van der Waals surface area contributed by atoms with Crippen LogP contribution in [0.3, 0.4) is 0 Å². The monoisotopic (exact) mass is 391 g/mol. The number of carbonyl (C=O) groups is 2. The molecule has 150 valence electrons. The Bertz CT molecular complexity index is 986. The molecule has 0 atom stereocenters. The maximum atomic E-state index is 12.5. The minimum atomic E-state index is -0.134. The van der Waals surface area contributed by atoms with Gasteiger partial charge in [-0.25, -0.2) is 4.98 Å². The van der Waals surface area contributed by atoms with Crippen molar-refractivity contribution < 1.29 is 14.0 Å². The number of nitrogens with one attached hydrogen (secondary N) is 1. The van der Waals surface area contributed by atoms with Gasteiger partial charge in [-0.1, -0.05) is 30.3 Å². The van der Waals surface area contributed by atoms with E-state index in [1.54, 1.807) is 6.07 Å². The first-order valence-corrected chi connectivity index (χ1v) is 10.1. The molecule has 2 aromatic carbocycles. The topological polar surface area (TPSA) is 75.4 Å². The molecule has 4 rings (SSSR count). The van der Waals surface area contributed by atoms with Crippen molar-refractivity contribution in [3.63, 3.8) is 0 Å². The zero-order valence-corrected chi connectivity index (χ0v) is 16.6. The number of likely N-dealkylation sites (tertiary alicyclic amines) is 1. The van der Waals surface area contributed by atoms with Crippen molar-refractivity contribution in [3.8, 4) is 0 Å². The summed E-state index contributed by atoms with van der Waals surface area (Å²) >= 11 is 0. The lowest BCUT2D eigenvalue weighted by Crippen LogP contribution is -2.39. The molecule has 0 aliphatic carbocycles. The van der Waals surface area contributed by atoms with Gasteiger partial charge in [0.05, 0.1) is 0 Å². The van der Waals surface area contributed by atoms with Crippen LogP contribution in [0.2, 0.25) is 0 Å². The maximum absolute atomic E-state index is 12.5. The van der Waals surface area contributed by atoms with E-state index < -0.39 is 0 Å². The van der Waals surface area contributed by atoms with Gasteiger partial charge in [0.1, 0.15) is 5.52 Å². The van der Waals surface area contributed by atoms with Crippen molar-refractivity contribution in [2.45, 2.75) is 32.1 Å². The number of piperidine rings is 1. The highest BCUT2D eigenvalue weighted by atomic mass is 16.3. The predicted octanol–water partition coefficient (Wildman–Crippen LogP) is 3.66. The third-order valence-electron chi connectivity index (χ3n) is 5.52. The van der Waals surface area contributed by atoms with E-state index in [2.05, 4.69) is 10.3 Å². The first kappa shape index (κ1) is 19.2. The lowest BCUT2D eigenvalue weighted by Gasteiger charge is -2.30. The average molecular weight is 391 g/mol.